The Labute approximate surface area is 173 Å². The summed E-state index contributed by atoms with van der Waals surface area (Å²) in [6.07, 6.45) is 3.35. The molecule has 3 aromatic rings. The first-order valence-corrected chi connectivity index (χ1v) is 10.8. The SMILES string of the molecule is CCC(=O)C1(Nc2ccccc2)CCN(CCc2cccc3ccccc23)CC1. The zero-order valence-electron chi connectivity index (χ0n) is 17.2. The summed E-state index contributed by atoms with van der Waals surface area (Å²) >= 11 is 0. The highest BCUT2D eigenvalue weighted by Gasteiger charge is 2.39. The van der Waals surface area contributed by atoms with Crippen LogP contribution < -0.4 is 5.32 Å². The number of fused-ring (bicyclic) bond motifs is 1. The standard InChI is InChI=1S/C26H30N2O/c1-2-25(29)26(27-23-12-4-3-5-13-23)16-19-28(20-17-26)18-15-22-11-8-10-21-9-6-7-14-24(21)22/h3-14,27H,2,15-20H2,1H3. The van der Waals surface area contributed by atoms with Crippen molar-refractivity contribution in [1.29, 1.82) is 0 Å². The van der Waals surface area contributed by atoms with Crippen LogP contribution in [0.4, 0.5) is 5.69 Å². The molecule has 0 radical (unpaired) electrons. The quantitative estimate of drug-likeness (QED) is 0.597. The van der Waals surface area contributed by atoms with Gasteiger partial charge in [0.05, 0.1) is 5.54 Å². The predicted molar refractivity (Wildman–Crippen MR) is 121 cm³/mol. The van der Waals surface area contributed by atoms with Gasteiger partial charge in [-0.2, -0.15) is 0 Å². The summed E-state index contributed by atoms with van der Waals surface area (Å²) in [5.74, 6) is 0.329. The van der Waals surface area contributed by atoms with Crippen molar-refractivity contribution >= 4 is 22.2 Å². The van der Waals surface area contributed by atoms with E-state index in [1.54, 1.807) is 0 Å². The van der Waals surface area contributed by atoms with Gasteiger partial charge in [-0.05, 0) is 47.7 Å². The van der Waals surface area contributed by atoms with Gasteiger partial charge < -0.3 is 10.2 Å². The van der Waals surface area contributed by atoms with Crippen molar-refractivity contribution in [2.75, 3.05) is 25.0 Å². The van der Waals surface area contributed by atoms with Crippen molar-refractivity contribution in [3.05, 3.63) is 78.4 Å². The Morgan fingerprint density at radius 1 is 0.931 bits per heavy atom. The lowest BCUT2D eigenvalue weighted by Gasteiger charge is -2.42. The summed E-state index contributed by atoms with van der Waals surface area (Å²) in [7, 11) is 0. The number of carbonyl (C=O) groups is 1. The molecule has 0 aliphatic carbocycles. The second-order valence-electron chi connectivity index (χ2n) is 8.08. The Balaban J connectivity index is 1.41. The van der Waals surface area contributed by atoms with Gasteiger partial charge in [0.15, 0.2) is 5.78 Å². The second-order valence-corrected chi connectivity index (χ2v) is 8.08. The number of nitrogens with zero attached hydrogens (tertiary/aromatic N) is 1. The van der Waals surface area contributed by atoms with Gasteiger partial charge in [-0.1, -0.05) is 67.6 Å². The number of ketones is 1. The number of Topliss-reactive ketones (excluding diaryl/α,β-unsaturated/α-hetero) is 1. The van der Waals surface area contributed by atoms with E-state index in [1.165, 1.54) is 16.3 Å². The minimum Gasteiger partial charge on any atom is -0.373 e. The van der Waals surface area contributed by atoms with Crippen molar-refractivity contribution in [2.45, 2.75) is 38.1 Å². The molecule has 0 amide bonds. The highest BCUT2D eigenvalue weighted by molar-refractivity contribution is 5.91. The Kier molecular flexibility index (Phi) is 5.96. The molecule has 1 saturated heterocycles. The molecule has 1 fully saturated rings. The van der Waals surface area contributed by atoms with Crippen molar-refractivity contribution < 1.29 is 4.79 Å². The van der Waals surface area contributed by atoms with E-state index < -0.39 is 5.54 Å². The van der Waals surface area contributed by atoms with Gasteiger partial charge in [0.1, 0.15) is 0 Å². The molecule has 0 saturated carbocycles. The number of carbonyl (C=O) groups excluding carboxylic acids is 1. The number of benzene rings is 3. The summed E-state index contributed by atoms with van der Waals surface area (Å²) in [4.78, 5) is 15.4. The summed E-state index contributed by atoms with van der Waals surface area (Å²) in [6, 6.07) is 25.3. The molecule has 1 aliphatic rings. The fraction of sp³-hybridized carbons (Fsp3) is 0.346. The molecule has 0 unspecified atom stereocenters. The Bertz CT molecular complexity index is 953. The monoisotopic (exact) mass is 386 g/mol. The third kappa shape index (κ3) is 4.35. The van der Waals surface area contributed by atoms with Crippen LogP contribution >= 0.6 is 0 Å². The van der Waals surface area contributed by atoms with Crippen molar-refractivity contribution in [3.8, 4) is 0 Å². The summed E-state index contributed by atoms with van der Waals surface area (Å²) < 4.78 is 0. The number of hydrogen-bond acceptors (Lipinski definition) is 3. The summed E-state index contributed by atoms with van der Waals surface area (Å²) in [6.45, 7) is 4.92. The molecule has 0 spiro atoms. The molecule has 150 valence electrons. The Morgan fingerprint density at radius 3 is 2.38 bits per heavy atom. The molecule has 1 aliphatic heterocycles. The first-order valence-electron chi connectivity index (χ1n) is 10.8. The van der Waals surface area contributed by atoms with E-state index in [9.17, 15) is 4.79 Å². The molecule has 0 bridgehead atoms. The minimum atomic E-state index is -0.425. The lowest BCUT2D eigenvalue weighted by atomic mass is 9.82. The van der Waals surface area contributed by atoms with Crippen LogP contribution in [0.2, 0.25) is 0 Å². The maximum absolute atomic E-state index is 12.8. The van der Waals surface area contributed by atoms with Crippen LogP contribution in [-0.2, 0) is 11.2 Å². The first-order chi connectivity index (χ1) is 14.2. The number of para-hydroxylation sites is 1. The van der Waals surface area contributed by atoms with Crippen molar-refractivity contribution in [1.82, 2.24) is 4.90 Å². The zero-order valence-corrected chi connectivity index (χ0v) is 17.2. The molecule has 1 N–H and O–H groups in total. The number of anilines is 1. The second kappa shape index (κ2) is 8.79. The van der Waals surface area contributed by atoms with Crippen LogP contribution in [0.5, 0.6) is 0 Å². The number of rotatable bonds is 7. The Hall–Kier alpha value is -2.65. The third-order valence-electron chi connectivity index (χ3n) is 6.30. The van der Waals surface area contributed by atoms with Gasteiger partial charge >= 0.3 is 0 Å². The molecule has 3 heteroatoms. The summed E-state index contributed by atoms with van der Waals surface area (Å²) in [5.41, 5.74) is 2.02. The van der Waals surface area contributed by atoms with E-state index in [-0.39, 0.29) is 0 Å². The largest absolute Gasteiger partial charge is 0.373 e. The fourth-order valence-corrected chi connectivity index (χ4v) is 4.56. The van der Waals surface area contributed by atoms with E-state index in [0.29, 0.717) is 12.2 Å². The highest BCUT2D eigenvalue weighted by Crippen LogP contribution is 2.29. The number of nitrogens with one attached hydrogen (secondary N) is 1. The van der Waals surface area contributed by atoms with Crippen LogP contribution in [0.25, 0.3) is 10.8 Å². The van der Waals surface area contributed by atoms with Gasteiger partial charge in [0, 0.05) is 31.7 Å². The summed E-state index contributed by atoms with van der Waals surface area (Å²) in [5, 5.41) is 6.25. The maximum Gasteiger partial charge on any atom is 0.157 e. The molecule has 4 rings (SSSR count). The normalized spacial score (nSPS) is 16.6. The van der Waals surface area contributed by atoms with Gasteiger partial charge in [0.2, 0.25) is 0 Å². The molecule has 3 aromatic carbocycles. The molecule has 0 aromatic heterocycles. The number of piperidine rings is 1. The maximum atomic E-state index is 12.8. The molecular weight excluding hydrogens is 356 g/mol. The molecule has 1 heterocycles. The fourth-order valence-electron chi connectivity index (χ4n) is 4.56. The third-order valence-corrected chi connectivity index (χ3v) is 6.30. The Morgan fingerprint density at radius 2 is 1.62 bits per heavy atom. The predicted octanol–water partition coefficient (Wildman–Crippen LogP) is 5.31. The number of likely N-dealkylation sites (tertiary alicyclic amines) is 1. The average molecular weight is 387 g/mol. The van der Waals surface area contributed by atoms with E-state index in [0.717, 1.165) is 44.6 Å². The minimum absolute atomic E-state index is 0.329. The zero-order chi connectivity index (χ0) is 20.1. The topological polar surface area (TPSA) is 32.3 Å². The molecule has 3 nitrogen and oxygen atoms in total. The lowest BCUT2D eigenvalue weighted by Crippen LogP contribution is -2.54. The van der Waals surface area contributed by atoms with Crippen molar-refractivity contribution in [2.24, 2.45) is 0 Å². The first kappa shape index (κ1) is 19.7. The van der Waals surface area contributed by atoms with Crippen LogP contribution in [-0.4, -0.2) is 35.9 Å². The lowest BCUT2D eigenvalue weighted by molar-refractivity contribution is -0.124. The van der Waals surface area contributed by atoms with Gasteiger partial charge in [-0.15, -0.1) is 0 Å². The van der Waals surface area contributed by atoms with Crippen LogP contribution in [0, 0.1) is 0 Å². The highest BCUT2D eigenvalue weighted by atomic mass is 16.1. The van der Waals surface area contributed by atoms with Crippen molar-refractivity contribution in [3.63, 3.8) is 0 Å². The molecular formula is C26H30N2O. The van der Waals surface area contributed by atoms with Crippen LogP contribution in [0.3, 0.4) is 0 Å². The van der Waals surface area contributed by atoms with E-state index in [1.807, 2.05) is 25.1 Å². The van der Waals surface area contributed by atoms with Crippen LogP contribution in [0.15, 0.2) is 72.8 Å². The van der Waals surface area contributed by atoms with E-state index in [4.69, 9.17) is 0 Å². The smallest absolute Gasteiger partial charge is 0.157 e. The van der Waals surface area contributed by atoms with Gasteiger partial charge in [-0.25, -0.2) is 0 Å². The number of hydrogen-bond donors (Lipinski definition) is 1. The van der Waals surface area contributed by atoms with Gasteiger partial charge in [0.25, 0.3) is 0 Å². The van der Waals surface area contributed by atoms with E-state index >= 15 is 0 Å². The van der Waals surface area contributed by atoms with Gasteiger partial charge in [-0.3, -0.25) is 4.79 Å². The average Bonchev–Trinajstić information content (AvgIpc) is 2.78. The van der Waals surface area contributed by atoms with Crippen LogP contribution in [0.1, 0.15) is 31.7 Å². The molecule has 29 heavy (non-hydrogen) atoms. The van der Waals surface area contributed by atoms with E-state index in [2.05, 4.69) is 64.8 Å². The molecule has 0 atom stereocenters.